The maximum Gasteiger partial charge on any atom is 0.0715 e. The number of aliphatic hydroxyl groups is 2. The highest BCUT2D eigenvalue weighted by Gasteiger charge is 2.21. The fourth-order valence-corrected chi connectivity index (χ4v) is 1.37. The highest BCUT2D eigenvalue weighted by Crippen LogP contribution is 2.10. The van der Waals surface area contributed by atoms with Crippen LogP contribution >= 0.6 is 0 Å². The first kappa shape index (κ1) is 7.98. The molecule has 1 fully saturated rings. The summed E-state index contributed by atoms with van der Waals surface area (Å²) in [5.41, 5.74) is 0. The van der Waals surface area contributed by atoms with Gasteiger partial charge in [-0.15, -0.1) is 0 Å². The molecular formula is C7H15NO2. The Kier molecular flexibility index (Phi) is 3.12. The van der Waals surface area contributed by atoms with Crippen LogP contribution in [0, 0.1) is 0 Å². The molecule has 0 aromatic rings. The fraction of sp³-hybridized carbons (Fsp3) is 1.00. The molecule has 60 valence electrons. The van der Waals surface area contributed by atoms with Crippen LogP contribution in [0.5, 0.6) is 0 Å². The smallest absolute Gasteiger partial charge is 0.0715 e. The van der Waals surface area contributed by atoms with E-state index < -0.39 is 0 Å². The lowest BCUT2D eigenvalue weighted by molar-refractivity contribution is 0.102. The highest BCUT2D eigenvalue weighted by molar-refractivity contribution is 4.80. The number of nitrogens with one attached hydrogen (secondary N) is 1. The first-order valence-corrected chi connectivity index (χ1v) is 3.87. The second-order valence-corrected chi connectivity index (χ2v) is 2.78. The lowest BCUT2D eigenvalue weighted by Crippen LogP contribution is -2.35. The first-order valence-electron chi connectivity index (χ1n) is 3.87. The zero-order chi connectivity index (χ0) is 7.40. The predicted octanol–water partition coefficient (Wildman–Crippen LogP) is -0.518. The van der Waals surface area contributed by atoms with Gasteiger partial charge in [-0.1, -0.05) is 0 Å². The van der Waals surface area contributed by atoms with Crippen LogP contribution in [0.15, 0.2) is 0 Å². The van der Waals surface area contributed by atoms with Crippen LogP contribution in [0.1, 0.15) is 19.3 Å². The third-order valence-corrected chi connectivity index (χ3v) is 1.99. The van der Waals surface area contributed by atoms with Gasteiger partial charge in [0.05, 0.1) is 6.10 Å². The summed E-state index contributed by atoms with van der Waals surface area (Å²) in [7, 11) is 0. The van der Waals surface area contributed by atoms with E-state index in [9.17, 15) is 5.11 Å². The van der Waals surface area contributed by atoms with Crippen molar-refractivity contribution in [2.24, 2.45) is 0 Å². The van der Waals surface area contributed by atoms with E-state index in [4.69, 9.17) is 5.11 Å². The molecule has 1 rings (SSSR count). The molecule has 3 N–H and O–H groups in total. The molecule has 3 nitrogen and oxygen atoms in total. The lowest BCUT2D eigenvalue weighted by atomic mass is 10.1. The quantitative estimate of drug-likeness (QED) is 0.501. The summed E-state index contributed by atoms with van der Waals surface area (Å²) in [6, 6.07) is 0.229. The van der Waals surface area contributed by atoms with E-state index in [1.165, 1.54) is 0 Å². The fourth-order valence-electron chi connectivity index (χ4n) is 1.37. The first-order chi connectivity index (χ1) is 4.84. The molecule has 0 radical (unpaired) electrons. The molecule has 0 spiro atoms. The summed E-state index contributed by atoms with van der Waals surface area (Å²) >= 11 is 0. The van der Waals surface area contributed by atoms with E-state index in [1.54, 1.807) is 0 Å². The minimum absolute atomic E-state index is 0.0827. The van der Waals surface area contributed by atoms with Crippen LogP contribution in [0.3, 0.4) is 0 Å². The summed E-state index contributed by atoms with van der Waals surface area (Å²) in [5.74, 6) is 0. The standard InChI is InChI=1S/C7H15NO2/c9-5-3-7(10)6-2-1-4-8-6/h6-10H,1-5H2. The van der Waals surface area contributed by atoms with Crippen molar-refractivity contribution < 1.29 is 10.2 Å². The highest BCUT2D eigenvalue weighted by atomic mass is 16.3. The minimum Gasteiger partial charge on any atom is -0.396 e. The average Bonchev–Trinajstić information content (AvgIpc) is 2.38. The van der Waals surface area contributed by atoms with Gasteiger partial charge in [0.25, 0.3) is 0 Å². The van der Waals surface area contributed by atoms with E-state index >= 15 is 0 Å². The topological polar surface area (TPSA) is 52.5 Å². The summed E-state index contributed by atoms with van der Waals surface area (Å²) in [4.78, 5) is 0. The zero-order valence-electron chi connectivity index (χ0n) is 6.08. The van der Waals surface area contributed by atoms with Crippen LogP contribution in [0.2, 0.25) is 0 Å². The SMILES string of the molecule is OCCC(O)C1CCCN1. The van der Waals surface area contributed by atoms with Crippen LogP contribution in [-0.2, 0) is 0 Å². The number of aliphatic hydroxyl groups excluding tert-OH is 2. The molecule has 0 bridgehead atoms. The van der Waals surface area contributed by atoms with Crippen LogP contribution in [0.4, 0.5) is 0 Å². The van der Waals surface area contributed by atoms with Crippen LogP contribution < -0.4 is 5.32 Å². The molecule has 1 aliphatic heterocycles. The average molecular weight is 145 g/mol. The third kappa shape index (κ3) is 1.94. The molecule has 2 atom stereocenters. The molecule has 1 heterocycles. The Morgan fingerprint density at radius 2 is 2.40 bits per heavy atom. The monoisotopic (exact) mass is 145 g/mol. The van der Waals surface area contributed by atoms with Crippen molar-refractivity contribution in [1.29, 1.82) is 0 Å². The van der Waals surface area contributed by atoms with E-state index in [-0.39, 0.29) is 18.8 Å². The molecule has 3 heteroatoms. The molecule has 10 heavy (non-hydrogen) atoms. The second-order valence-electron chi connectivity index (χ2n) is 2.78. The van der Waals surface area contributed by atoms with Crippen LogP contribution in [0.25, 0.3) is 0 Å². The molecule has 0 amide bonds. The van der Waals surface area contributed by atoms with Gasteiger partial charge in [0.1, 0.15) is 0 Å². The van der Waals surface area contributed by atoms with Gasteiger partial charge in [-0.3, -0.25) is 0 Å². The van der Waals surface area contributed by atoms with Gasteiger partial charge in [0.15, 0.2) is 0 Å². The van der Waals surface area contributed by atoms with E-state index in [1.807, 2.05) is 0 Å². The van der Waals surface area contributed by atoms with Gasteiger partial charge in [0, 0.05) is 12.6 Å². The van der Waals surface area contributed by atoms with E-state index in [0.717, 1.165) is 19.4 Å². The summed E-state index contributed by atoms with van der Waals surface area (Å²) in [5, 5.41) is 21.0. The van der Waals surface area contributed by atoms with Crippen molar-refractivity contribution in [3.05, 3.63) is 0 Å². The maximum absolute atomic E-state index is 9.33. The predicted molar refractivity (Wildman–Crippen MR) is 38.7 cm³/mol. The largest absolute Gasteiger partial charge is 0.396 e. The molecule has 2 unspecified atom stereocenters. The lowest BCUT2D eigenvalue weighted by Gasteiger charge is -2.16. The van der Waals surface area contributed by atoms with Gasteiger partial charge in [0.2, 0.25) is 0 Å². The van der Waals surface area contributed by atoms with Crippen molar-refractivity contribution in [3.8, 4) is 0 Å². The summed E-state index contributed by atoms with van der Waals surface area (Å²) in [6.45, 7) is 1.09. The van der Waals surface area contributed by atoms with E-state index in [0.29, 0.717) is 6.42 Å². The third-order valence-electron chi connectivity index (χ3n) is 1.99. The van der Waals surface area contributed by atoms with Gasteiger partial charge in [-0.05, 0) is 25.8 Å². The van der Waals surface area contributed by atoms with Crippen molar-refractivity contribution in [2.75, 3.05) is 13.2 Å². The van der Waals surface area contributed by atoms with Gasteiger partial charge < -0.3 is 15.5 Å². The molecule has 1 saturated heterocycles. The van der Waals surface area contributed by atoms with Crippen LogP contribution in [-0.4, -0.2) is 35.5 Å². The number of hydrogen-bond acceptors (Lipinski definition) is 3. The second kappa shape index (κ2) is 3.91. The van der Waals surface area contributed by atoms with Gasteiger partial charge in [-0.2, -0.15) is 0 Å². The molecule has 0 aliphatic carbocycles. The molecule has 1 aliphatic rings. The number of hydrogen-bond donors (Lipinski definition) is 3. The molecule has 0 aromatic heterocycles. The maximum atomic E-state index is 9.33. The van der Waals surface area contributed by atoms with Gasteiger partial charge >= 0.3 is 0 Å². The molecule has 0 aromatic carbocycles. The zero-order valence-corrected chi connectivity index (χ0v) is 6.08. The normalized spacial score (nSPS) is 28.8. The Hall–Kier alpha value is -0.120. The molecule has 0 saturated carbocycles. The summed E-state index contributed by atoms with van der Waals surface area (Å²) < 4.78 is 0. The van der Waals surface area contributed by atoms with Crippen molar-refractivity contribution in [2.45, 2.75) is 31.4 Å². The Labute approximate surface area is 61.1 Å². The Balaban J connectivity index is 2.18. The van der Waals surface area contributed by atoms with Gasteiger partial charge in [-0.25, -0.2) is 0 Å². The Morgan fingerprint density at radius 3 is 2.90 bits per heavy atom. The number of rotatable bonds is 3. The summed E-state index contributed by atoms with van der Waals surface area (Å²) in [6.07, 6.45) is 2.33. The Bertz CT molecular complexity index is 91.6. The van der Waals surface area contributed by atoms with Crippen molar-refractivity contribution >= 4 is 0 Å². The van der Waals surface area contributed by atoms with E-state index in [2.05, 4.69) is 5.32 Å². The van der Waals surface area contributed by atoms with Crippen molar-refractivity contribution in [1.82, 2.24) is 5.32 Å². The Morgan fingerprint density at radius 1 is 1.60 bits per heavy atom. The van der Waals surface area contributed by atoms with Crippen molar-refractivity contribution in [3.63, 3.8) is 0 Å². The molecular weight excluding hydrogens is 130 g/mol. The minimum atomic E-state index is -0.354.